The second-order valence-electron chi connectivity index (χ2n) is 3.39. The zero-order chi connectivity index (χ0) is 11.3. The number of nitrogens with one attached hydrogen (secondary N) is 1. The van der Waals surface area contributed by atoms with Gasteiger partial charge in [0, 0.05) is 10.9 Å². The van der Waals surface area contributed by atoms with Crippen LogP contribution >= 0.6 is 11.3 Å². The molecule has 0 aliphatic carbocycles. The van der Waals surface area contributed by atoms with Gasteiger partial charge in [0.15, 0.2) is 5.84 Å². The lowest BCUT2D eigenvalue weighted by atomic mass is 10.1. The van der Waals surface area contributed by atoms with Gasteiger partial charge in [0.25, 0.3) is 0 Å². The lowest BCUT2D eigenvalue weighted by Gasteiger charge is -2.20. The van der Waals surface area contributed by atoms with Crippen molar-refractivity contribution in [2.24, 2.45) is 10.9 Å². The fraction of sp³-hybridized carbons (Fsp3) is 0.500. The number of amidine groups is 1. The van der Waals surface area contributed by atoms with Gasteiger partial charge >= 0.3 is 0 Å². The van der Waals surface area contributed by atoms with Crippen LogP contribution < -0.4 is 11.1 Å². The maximum Gasteiger partial charge on any atom is 0.156 e. The van der Waals surface area contributed by atoms with Crippen LogP contribution in [-0.4, -0.2) is 17.1 Å². The highest BCUT2D eigenvalue weighted by atomic mass is 32.1. The monoisotopic (exact) mass is 227 g/mol. The molecule has 1 heterocycles. The number of nitrogens with two attached hydrogens (primary N) is 1. The highest BCUT2D eigenvalue weighted by Gasteiger charge is 2.15. The quantitative estimate of drug-likeness (QED) is 0.311. The number of hydrogen-bond acceptors (Lipinski definition) is 4. The molecular formula is C10H17N3OS. The molecule has 4 nitrogen and oxygen atoms in total. The Morgan fingerprint density at radius 3 is 2.93 bits per heavy atom. The standard InChI is InChI=1S/C10H17N3OS/c1-3-8(10(11)13-14)12-7(2)9-5-4-6-15-9/h4-8,12,14H,3H2,1-2H3,(H2,11,13). The smallest absolute Gasteiger partial charge is 0.156 e. The van der Waals surface area contributed by atoms with E-state index in [1.54, 1.807) is 11.3 Å². The molecule has 0 saturated heterocycles. The lowest BCUT2D eigenvalue weighted by molar-refractivity contribution is 0.313. The van der Waals surface area contributed by atoms with E-state index >= 15 is 0 Å². The summed E-state index contributed by atoms with van der Waals surface area (Å²) in [5, 5.41) is 17.0. The molecular weight excluding hydrogens is 210 g/mol. The first kappa shape index (κ1) is 12.0. The first-order valence-corrected chi connectivity index (χ1v) is 5.83. The van der Waals surface area contributed by atoms with Crippen LogP contribution in [-0.2, 0) is 0 Å². The van der Waals surface area contributed by atoms with E-state index in [0.29, 0.717) is 0 Å². The van der Waals surface area contributed by atoms with Crippen molar-refractivity contribution in [1.82, 2.24) is 5.32 Å². The first-order chi connectivity index (χ1) is 7.19. The molecule has 5 heteroatoms. The molecule has 1 aromatic heterocycles. The molecule has 4 N–H and O–H groups in total. The van der Waals surface area contributed by atoms with Crippen LogP contribution in [0.25, 0.3) is 0 Å². The van der Waals surface area contributed by atoms with Crippen molar-refractivity contribution >= 4 is 17.2 Å². The van der Waals surface area contributed by atoms with Gasteiger partial charge in [0.05, 0.1) is 6.04 Å². The van der Waals surface area contributed by atoms with Crippen LogP contribution in [0.4, 0.5) is 0 Å². The molecule has 0 aromatic carbocycles. The Hall–Kier alpha value is -1.07. The molecule has 0 aliphatic rings. The van der Waals surface area contributed by atoms with Gasteiger partial charge in [-0.1, -0.05) is 18.1 Å². The van der Waals surface area contributed by atoms with E-state index in [9.17, 15) is 0 Å². The highest BCUT2D eigenvalue weighted by molar-refractivity contribution is 7.10. The fourth-order valence-electron chi connectivity index (χ4n) is 1.40. The predicted octanol–water partition coefficient (Wildman–Crippen LogP) is 1.92. The lowest BCUT2D eigenvalue weighted by Crippen LogP contribution is -2.41. The Morgan fingerprint density at radius 1 is 1.73 bits per heavy atom. The van der Waals surface area contributed by atoms with E-state index in [-0.39, 0.29) is 17.9 Å². The van der Waals surface area contributed by atoms with Crippen molar-refractivity contribution < 1.29 is 5.21 Å². The van der Waals surface area contributed by atoms with Crippen LogP contribution in [0.5, 0.6) is 0 Å². The minimum Gasteiger partial charge on any atom is -0.409 e. The van der Waals surface area contributed by atoms with Crippen molar-refractivity contribution in [3.8, 4) is 0 Å². The largest absolute Gasteiger partial charge is 0.409 e. The molecule has 0 amide bonds. The van der Waals surface area contributed by atoms with E-state index in [2.05, 4.69) is 23.5 Å². The molecule has 15 heavy (non-hydrogen) atoms. The highest BCUT2D eigenvalue weighted by Crippen LogP contribution is 2.18. The summed E-state index contributed by atoms with van der Waals surface area (Å²) in [6.07, 6.45) is 0.797. The molecule has 0 saturated carbocycles. The SMILES string of the molecule is CCC(NC(C)c1cccs1)C(N)=NO. The van der Waals surface area contributed by atoms with Crippen LogP contribution in [0.2, 0.25) is 0 Å². The Kier molecular flexibility index (Phi) is 4.58. The molecule has 0 bridgehead atoms. The summed E-state index contributed by atoms with van der Waals surface area (Å²) in [7, 11) is 0. The summed E-state index contributed by atoms with van der Waals surface area (Å²) in [5.74, 6) is 0.237. The number of hydrogen-bond donors (Lipinski definition) is 3. The normalized spacial score (nSPS) is 16.3. The van der Waals surface area contributed by atoms with Crippen LogP contribution in [0.15, 0.2) is 22.7 Å². The van der Waals surface area contributed by atoms with Gasteiger partial charge in [-0.2, -0.15) is 0 Å². The number of thiophene rings is 1. The third-order valence-corrected chi connectivity index (χ3v) is 3.36. The van der Waals surface area contributed by atoms with Crippen molar-refractivity contribution in [2.45, 2.75) is 32.4 Å². The van der Waals surface area contributed by atoms with E-state index in [4.69, 9.17) is 10.9 Å². The fourth-order valence-corrected chi connectivity index (χ4v) is 2.15. The molecule has 0 aliphatic heterocycles. The Morgan fingerprint density at radius 2 is 2.47 bits per heavy atom. The van der Waals surface area contributed by atoms with Gasteiger partial charge < -0.3 is 10.9 Å². The zero-order valence-electron chi connectivity index (χ0n) is 8.97. The number of rotatable bonds is 5. The molecule has 0 radical (unpaired) electrons. The van der Waals surface area contributed by atoms with Gasteiger partial charge in [-0.15, -0.1) is 11.3 Å². The summed E-state index contributed by atoms with van der Waals surface area (Å²) in [4.78, 5) is 1.25. The second-order valence-corrected chi connectivity index (χ2v) is 4.37. The molecule has 2 unspecified atom stereocenters. The van der Waals surface area contributed by atoms with E-state index < -0.39 is 0 Å². The molecule has 0 fully saturated rings. The Balaban J connectivity index is 2.60. The Bertz CT molecular complexity index is 310. The van der Waals surface area contributed by atoms with Crippen molar-refractivity contribution in [2.75, 3.05) is 0 Å². The topological polar surface area (TPSA) is 70.6 Å². The van der Waals surface area contributed by atoms with Crippen molar-refractivity contribution in [3.63, 3.8) is 0 Å². The van der Waals surface area contributed by atoms with E-state index in [1.807, 2.05) is 18.4 Å². The van der Waals surface area contributed by atoms with Crippen LogP contribution in [0, 0.1) is 0 Å². The minimum absolute atomic E-state index is 0.0768. The van der Waals surface area contributed by atoms with Crippen molar-refractivity contribution in [3.05, 3.63) is 22.4 Å². The second kappa shape index (κ2) is 5.72. The number of oxime groups is 1. The molecule has 2 atom stereocenters. The van der Waals surface area contributed by atoms with Gasteiger partial charge in [-0.25, -0.2) is 0 Å². The number of nitrogens with zero attached hydrogens (tertiary/aromatic N) is 1. The summed E-state index contributed by atoms with van der Waals surface area (Å²) >= 11 is 1.70. The minimum atomic E-state index is -0.0768. The molecule has 0 spiro atoms. The summed E-state index contributed by atoms with van der Waals surface area (Å²) in [5.41, 5.74) is 5.57. The van der Waals surface area contributed by atoms with Gasteiger partial charge in [-0.05, 0) is 24.8 Å². The first-order valence-electron chi connectivity index (χ1n) is 4.95. The van der Waals surface area contributed by atoms with Crippen LogP contribution in [0.3, 0.4) is 0 Å². The van der Waals surface area contributed by atoms with Gasteiger partial charge in [0.2, 0.25) is 0 Å². The molecule has 84 valence electrons. The predicted molar refractivity (Wildman–Crippen MR) is 63.4 cm³/mol. The van der Waals surface area contributed by atoms with Crippen LogP contribution in [0.1, 0.15) is 31.2 Å². The molecule has 1 rings (SSSR count). The maximum absolute atomic E-state index is 8.61. The summed E-state index contributed by atoms with van der Waals surface area (Å²) < 4.78 is 0. The van der Waals surface area contributed by atoms with E-state index in [1.165, 1.54) is 4.88 Å². The molecule has 1 aromatic rings. The van der Waals surface area contributed by atoms with Gasteiger partial charge in [0.1, 0.15) is 0 Å². The van der Waals surface area contributed by atoms with E-state index in [0.717, 1.165) is 6.42 Å². The third kappa shape index (κ3) is 3.21. The Labute approximate surface area is 93.8 Å². The maximum atomic E-state index is 8.61. The summed E-state index contributed by atoms with van der Waals surface area (Å²) in [6.45, 7) is 4.07. The zero-order valence-corrected chi connectivity index (χ0v) is 9.79. The van der Waals surface area contributed by atoms with Gasteiger partial charge in [-0.3, -0.25) is 5.32 Å². The summed E-state index contributed by atoms with van der Waals surface area (Å²) in [6, 6.07) is 4.23. The third-order valence-electron chi connectivity index (χ3n) is 2.30. The van der Waals surface area contributed by atoms with Crippen molar-refractivity contribution in [1.29, 1.82) is 0 Å². The average Bonchev–Trinajstić information content (AvgIpc) is 2.77. The average molecular weight is 227 g/mol.